The Morgan fingerprint density at radius 1 is 0.441 bits per heavy atom. The van der Waals surface area contributed by atoms with E-state index in [-0.39, 0.29) is 0 Å². The molecule has 0 unspecified atom stereocenters. The topological polar surface area (TPSA) is 43.6 Å². The third kappa shape index (κ3) is 4.91. The molecule has 13 rings (SSSR count). The molecule has 0 spiro atoms. The quantitative estimate of drug-likeness (QED) is 0.178. The third-order valence-electron chi connectivity index (χ3n) is 11.9. The van der Waals surface area contributed by atoms with Gasteiger partial charge in [0.25, 0.3) is 0 Å². The summed E-state index contributed by atoms with van der Waals surface area (Å²) in [7, 11) is 0. The lowest BCUT2D eigenvalue weighted by atomic mass is 10.0. The van der Waals surface area contributed by atoms with Gasteiger partial charge in [0.1, 0.15) is 0 Å². The summed E-state index contributed by atoms with van der Waals surface area (Å²) in [5.41, 5.74) is 10.0. The Morgan fingerprint density at radius 2 is 1.22 bits per heavy atom. The Hall–Kier alpha value is -7.25. The number of aromatic nitrogens is 4. The molecule has 0 atom stereocenters. The summed E-state index contributed by atoms with van der Waals surface area (Å²) in [4.78, 5) is 15.2. The maximum atomic E-state index is 5.41. The fourth-order valence-corrected chi connectivity index (χ4v) is 11.5. The van der Waals surface area contributed by atoms with Gasteiger partial charge in [-0.1, -0.05) is 127 Å². The van der Waals surface area contributed by atoms with E-state index in [4.69, 9.17) is 9.97 Å². The van der Waals surface area contributed by atoms with Crippen LogP contribution in [0.3, 0.4) is 0 Å². The van der Waals surface area contributed by atoms with Crippen LogP contribution in [0.4, 0.5) is 0 Å². The minimum absolute atomic E-state index is 0.722. The fourth-order valence-electron chi connectivity index (χ4n) is 9.23. The summed E-state index contributed by atoms with van der Waals surface area (Å²) in [6.45, 7) is 0. The zero-order valence-corrected chi connectivity index (χ0v) is 33.1. The van der Waals surface area contributed by atoms with Gasteiger partial charge in [0.2, 0.25) is 0 Å². The van der Waals surface area contributed by atoms with Crippen molar-refractivity contribution in [1.82, 2.24) is 19.5 Å². The standard InChI is InChI=1S/C53H30N4S2/c1-2-10-31(11-3-1)34-22-24-42-41(28-34)48-37-16-7-5-13-33(37)21-25-44(48)57(42)43-18-9-19-45-49(43)39-23-20-35(29-46(39)58-45)53-55-50(38-17-8-14-32-12-4-6-15-36(32)38)52-51(56-53)40-26-27-54-30-47(40)59-52/h1-30H. The number of thiophene rings is 2. The Kier molecular flexibility index (Phi) is 7.02. The molecular weight excluding hydrogens is 757 g/mol. The van der Waals surface area contributed by atoms with E-state index in [0.717, 1.165) is 42.9 Å². The molecule has 59 heavy (non-hydrogen) atoms. The molecule has 5 aromatic heterocycles. The van der Waals surface area contributed by atoms with Crippen LogP contribution in [0.15, 0.2) is 182 Å². The smallest absolute Gasteiger partial charge is 0.160 e. The third-order valence-corrected chi connectivity index (χ3v) is 14.2. The van der Waals surface area contributed by atoms with Gasteiger partial charge >= 0.3 is 0 Å². The molecule has 0 bridgehead atoms. The van der Waals surface area contributed by atoms with E-state index < -0.39 is 0 Å². The minimum atomic E-state index is 0.722. The van der Waals surface area contributed by atoms with E-state index in [1.165, 1.54) is 80.3 Å². The molecule has 0 amide bonds. The van der Waals surface area contributed by atoms with Crippen molar-refractivity contribution in [2.45, 2.75) is 0 Å². The predicted octanol–water partition coefficient (Wildman–Crippen LogP) is 15.0. The van der Waals surface area contributed by atoms with Crippen molar-refractivity contribution >= 4 is 106 Å². The highest BCUT2D eigenvalue weighted by Crippen LogP contribution is 2.45. The monoisotopic (exact) mass is 786 g/mol. The number of hydrogen-bond donors (Lipinski definition) is 0. The van der Waals surface area contributed by atoms with Gasteiger partial charge < -0.3 is 4.57 Å². The molecule has 8 aromatic carbocycles. The molecule has 274 valence electrons. The number of fused-ring (bicyclic) bond motifs is 12. The molecule has 0 N–H and O–H groups in total. The molecule has 5 heterocycles. The lowest BCUT2D eigenvalue weighted by Gasteiger charge is -2.11. The van der Waals surface area contributed by atoms with Crippen molar-refractivity contribution in [2.24, 2.45) is 0 Å². The summed E-state index contributed by atoms with van der Waals surface area (Å²) in [5, 5.41) is 11.0. The Bertz CT molecular complexity index is 3850. The molecule has 13 aromatic rings. The van der Waals surface area contributed by atoms with Crippen molar-refractivity contribution in [3.63, 3.8) is 0 Å². The number of hydrogen-bond acceptors (Lipinski definition) is 5. The second-order valence-corrected chi connectivity index (χ2v) is 17.3. The van der Waals surface area contributed by atoms with Gasteiger partial charge in [-0.25, -0.2) is 9.97 Å². The zero-order chi connectivity index (χ0) is 38.6. The average molecular weight is 787 g/mol. The summed E-state index contributed by atoms with van der Waals surface area (Å²) in [6.07, 6.45) is 3.80. The van der Waals surface area contributed by atoms with Crippen LogP contribution in [0.5, 0.6) is 0 Å². The van der Waals surface area contributed by atoms with Gasteiger partial charge in [0, 0.05) is 59.9 Å². The van der Waals surface area contributed by atoms with Crippen molar-refractivity contribution in [3.05, 3.63) is 182 Å². The van der Waals surface area contributed by atoms with Crippen LogP contribution in [-0.2, 0) is 0 Å². The van der Waals surface area contributed by atoms with E-state index in [2.05, 4.69) is 179 Å². The van der Waals surface area contributed by atoms with Crippen LogP contribution < -0.4 is 0 Å². The summed E-state index contributed by atoms with van der Waals surface area (Å²) < 4.78 is 7.12. The highest BCUT2D eigenvalue weighted by Gasteiger charge is 2.21. The molecule has 0 saturated carbocycles. The van der Waals surface area contributed by atoms with Crippen LogP contribution in [0.25, 0.3) is 123 Å². The lowest BCUT2D eigenvalue weighted by Crippen LogP contribution is -1.95. The van der Waals surface area contributed by atoms with Crippen LogP contribution in [0.1, 0.15) is 0 Å². The molecule has 0 radical (unpaired) electrons. The molecule has 0 fully saturated rings. The first-order chi connectivity index (χ1) is 29.2. The van der Waals surface area contributed by atoms with E-state index in [0.29, 0.717) is 0 Å². The Balaban J connectivity index is 1.04. The van der Waals surface area contributed by atoms with Crippen LogP contribution in [-0.4, -0.2) is 19.5 Å². The molecule has 0 aliphatic carbocycles. The van der Waals surface area contributed by atoms with E-state index in [1.54, 1.807) is 11.3 Å². The lowest BCUT2D eigenvalue weighted by molar-refractivity contribution is 1.20. The van der Waals surface area contributed by atoms with Gasteiger partial charge in [-0.15, -0.1) is 22.7 Å². The molecule has 4 nitrogen and oxygen atoms in total. The molecule has 0 aliphatic rings. The average Bonchev–Trinajstić information content (AvgIpc) is 3.98. The minimum Gasteiger partial charge on any atom is -0.309 e. The molecule has 6 heteroatoms. The Labute approximate surface area is 345 Å². The SMILES string of the molecule is c1ccc(-c2ccc3c(c2)c2c4ccccc4ccc2n3-c2cccc3sc4cc(-c5nc(-c6cccc7ccccc67)c6sc7cnccc7c6n5)ccc4c23)cc1. The number of pyridine rings is 1. The molecule has 0 aliphatic heterocycles. The summed E-state index contributed by atoms with van der Waals surface area (Å²) in [6, 6.07) is 61.6. The van der Waals surface area contributed by atoms with Gasteiger partial charge in [-0.3, -0.25) is 4.98 Å². The number of benzene rings is 8. The fraction of sp³-hybridized carbons (Fsp3) is 0. The second-order valence-electron chi connectivity index (χ2n) is 15.2. The maximum Gasteiger partial charge on any atom is 0.160 e. The van der Waals surface area contributed by atoms with Crippen molar-refractivity contribution in [1.29, 1.82) is 0 Å². The first-order valence-electron chi connectivity index (χ1n) is 19.7. The predicted molar refractivity (Wildman–Crippen MR) is 251 cm³/mol. The van der Waals surface area contributed by atoms with E-state index in [1.807, 2.05) is 23.7 Å². The van der Waals surface area contributed by atoms with Gasteiger partial charge in [0.05, 0.1) is 37.3 Å². The Morgan fingerprint density at radius 3 is 2.14 bits per heavy atom. The van der Waals surface area contributed by atoms with Gasteiger partial charge in [0.15, 0.2) is 5.82 Å². The van der Waals surface area contributed by atoms with Crippen LogP contribution >= 0.6 is 22.7 Å². The van der Waals surface area contributed by atoms with E-state index in [9.17, 15) is 0 Å². The van der Waals surface area contributed by atoms with Gasteiger partial charge in [-0.05, 0) is 75.1 Å². The van der Waals surface area contributed by atoms with Crippen LogP contribution in [0, 0.1) is 0 Å². The second kappa shape index (κ2) is 12.6. The van der Waals surface area contributed by atoms with Crippen molar-refractivity contribution in [3.8, 4) is 39.5 Å². The first kappa shape index (κ1) is 32.8. The molecular formula is C53H30N4S2. The maximum absolute atomic E-state index is 5.41. The highest BCUT2D eigenvalue weighted by atomic mass is 32.1. The summed E-state index contributed by atoms with van der Waals surface area (Å²) in [5.74, 6) is 0.722. The van der Waals surface area contributed by atoms with E-state index >= 15 is 0 Å². The van der Waals surface area contributed by atoms with Gasteiger partial charge in [-0.2, -0.15) is 0 Å². The van der Waals surface area contributed by atoms with Crippen molar-refractivity contribution in [2.75, 3.05) is 0 Å². The first-order valence-corrected chi connectivity index (χ1v) is 21.4. The largest absolute Gasteiger partial charge is 0.309 e. The zero-order valence-electron chi connectivity index (χ0n) is 31.4. The number of rotatable bonds is 4. The highest BCUT2D eigenvalue weighted by molar-refractivity contribution is 7.26. The van der Waals surface area contributed by atoms with Crippen LogP contribution in [0.2, 0.25) is 0 Å². The number of nitrogens with zero attached hydrogens (tertiary/aromatic N) is 4. The van der Waals surface area contributed by atoms with Crippen molar-refractivity contribution < 1.29 is 0 Å². The normalized spacial score (nSPS) is 12.1. The summed E-state index contributed by atoms with van der Waals surface area (Å²) >= 11 is 3.55. The molecule has 0 saturated heterocycles.